The summed E-state index contributed by atoms with van der Waals surface area (Å²) in [6.45, 7) is 12.9. The SMILES string of the molecule is CCCCCCCCC(CCCCCC)C(=O)SCCCCCCN(CCCCCO)CCCCCCSC(=O)C(CCCCCC)CCCCCCCC. The van der Waals surface area contributed by atoms with E-state index in [0.717, 1.165) is 69.4 Å². The Hall–Kier alpha value is -0.0400. The van der Waals surface area contributed by atoms with Gasteiger partial charge in [-0.2, -0.15) is 0 Å². The standard InChI is InChI=1S/C49H97NO3S2/c1-5-9-13-17-19-28-38-46(36-26-15-11-7-3)48(52)54-44-34-23-21-30-40-50(42-32-25-33-43-51)41-31-22-24-35-45-55-49(53)47(37-27-16-12-8-4)39-29-20-18-14-10-6-2/h46-47,51H,5-45H2,1-4H3. The van der Waals surface area contributed by atoms with Crippen LogP contribution in [0, 0.1) is 11.8 Å². The van der Waals surface area contributed by atoms with Gasteiger partial charge in [-0.3, -0.25) is 9.59 Å². The Kier molecular flexibility index (Phi) is 45.0. The molecule has 2 unspecified atom stereocenters. The van der Waals surface area contributed by atoms with Crippen LogP contribution in [-0.4, -0.2) is 58.0 Å². The van der Waals surface area contributed by atoms with Crippen LogP contribution in [0.2, 0.25) is 0 Å². The molecular weight excluding hydrogens is 715 g/mol. The van der Waals surface area contributed by atoms with Gasteiger partial charge in [0.15, 0.2) is 10.2 Å². The first-order chi connectivity index (χ1) is 27.0. The monoisotopic (exact) mass is 812 g/mol. The van der Waals surface area contributed by atoms with Crippen molar-refractivity contribution < 1.29 is 14.7 Å². The second kappa shape index (κ2) is 45.1. The van der Waals surface area contributed by atoms with Crippen LogP contribution >= 0.6 is 23.5 Å². The van der Waals surface area contributed by atoms with E-state index in [1.54, 1.807) is 23.5 Å². The molecule has 0 aliphatic rings. The van der Waals surface area contributed by atoms with Crippen molar-refractivity contribution in [3.05, 3.63) is 0 Å². The van der Waals surface area contributed by atoms with E-state index in [0.29, 0.717) is 16.8 Å². The number of hydrogen-bond donors (Lipinski definition) is 1. The molecule has 4 nitrogen and oxygen atoms in total. The molecule has 0 rings (SSSR count). The minimum atomic E-state index is 0.283. The van der Waals surface area contributed by atoms with Crippen LogP contribution in [0.3, 0.4) is 0 Å². The molecular formula is C49H97NO3S2. The van der Waals surface area contributed by atoms with Crippen LogP contribution in [0.25, 0.3) is 0 Å². The first-order valence-electron chi connectivity index (χ1n) is 24.7. The van der Waals surface area contributed by atoms with Crippen molar-refractivity contribution in [1.82, 2.24) is 4.90 Å². The molecule has 0 fully saturated rings. The molecule has 0 aliphatic heterocycles. The number of aliphatic hydroxyl groups excluding tert-OH is 1. The van der Waals surface area contributed by atoms with Gasteiger partial charge in [-0.25, -0.2) is 0 Å². The summed E-state index contributed by atoms with van der Waals surface area (Å²) in [5.41, 5.74) is 0. The third-order valence-electron chi connectivity index (χ3n) is 11.6. The number of thioether (sulfide) groups is 2. The number of rotatable bonds is 45. The number of unbranched alkanes of at least 4 members (excludes halogenated alkanes) is 24. The molecule has 328 valence electrons. The van der Waals surface area contributed by atoms with E-state index in [2.05, 4.69) is 32.6 Å². The van der Waals surface area contributed by atoms with Crippen molar-refractivity contribution in [3.8, 4) is 0 Å². The van der Waals surface area contributed by atoms with Crippen molar-refractivity contribution in [2.75, 3.05) is 37.7 Å². The van der Waals surface area contributed by atoms with Gasteiger partial charge in [-0.1, -0.05) is 205 Å². The van der Waals surface area contributed by atoms with Gasteiger partial charge >= 0.3 is 0 Å². The molecule has 55 heavy (non-hydrogen) atoms. The summed E-state index contributed by atoms with van der Waals surface area (Å²) in [5, 5.41) is 10.2. The maximum atomic E-state index is 13.2. The smallest absolute Gasteiger partial charge is 0.192 e. The number of carbonyl (C=O) groups excluding carboxylic acids is 2. The molecule has 6 heteroatoms. The molecule has 0 aliphatic carbocycles. The van der Waals surface area contributed by atoms with Crippen molar-refractivity contribution in [1.29, 1.82) is 0 Å². The fraction of sp³-hybridized carbons (Fsp3) is 0.959. The summed E-state index contributed by atoms with van der Waals surface area (Å²) in [7, 11) is 0. The highest BCUT2D eigenvalue weighted by Gasteiger charge is 2.19. The summed E-state index contributed by atoms with van der Waals surface area (Å²) in [4.78, 5) is 29.0. The van der Waals surface area contributed by atoms with E-state index in [4.69, 9.17) is 0 Å². The predicted octanol–water partition coefficient (Wildman–Crippen LogP) is 15.8. The van der Waals surface area contributed by atoms with Crippen LogP contribution in [-0.2, 0) is 9.59 Å². The van der Waals surface area contributed by atoms with Gasteiger partial charge in [0.1, 0.15) is 0 Å². The zero-order valence-electron chi connectivity index (χ0n) is 37.7. The molecule has 0 spiro atoms. The molecule has 0 saturated heterocycles. The highest BCUT2D eigenvalue weighted by Crippen LogP contribution is 2.27. The van der Waals surface area contributed by atoms with Crippen molar-refractivity contribution in [2.24, 2.45) is 11.8 Å². The topological polar surface area (TPSA) is 57.6 Å². The van der Waals surface area contributed by atoms with Gasteiger partial charge < -0.3 is 10.0 Å². The van der Waals surface area contributed by atoms with E-state index in [9.17, 15) is 14.7 Å². The van der Waals surface area contributed by atoms with Gasteiger partial charge in [0, 0.05) is 29.9 Å². The van der Waals surface area contributed by atoms with E-state index in [1.165, 1.54) is 186 Å². The predicted molar refractivity (Wildman–Crippen MR) is 250 cm³/mol. The van der Waals surface area contributed by atoms with Crippen molar-refractivity contribution in [3.63, 3.8) is 0 Å². The zero-order chi connectivity index (χ0) is 40.3. The lowest BCUT2D eigenvalue weighted by atomic mass is 9.95. The molecule has 2 atom stereocenters. The lowest BCUT2D eigenvalue weighted by Gasteiger charge is -2.22. The van der Waals surface area contributed by atoms with Crippen LogP contribution in [0.15, 0.2) is 0 Å². The number of carbonyl (C=O) groups is 2. The molecule has 0 aromatic carbocycles. The van der Waals surface area contributed by atoms with Gasteiger partial charge in [0.2, 0.25) is 0 Å². The average Bonchev–Trinajstić information content (AvgIpc) is 3.19. The summed E-state index contributed by atoms with van der Waals surface area (Å²) in [6.07, 6.45) is 43.2. The fourth-order valence-corrected chi connectivity index (χ4v) is 9.90. The maximum absolute atomic E-state index is 13.2. The zero-order valence-corrected chi connectivity index (χ0v) is 39.3. The summed E-state index contributed by atoms with van der Waals surface area (Å²) < 4.78 is 0. The van der Waals surface area contributed by atoms with E-state index >= 15 is 0 Å². The highest BCUT2D eigenvalue weighted by molar-refractivity contribution is 8.13. The number of nitrogens with zero attached hydrogens (tertiary/aromatic N) is 1. The van der Waals surface area contributed by atoms with Gasteiger partial charge in [0.05, 0.1) is 0 Å². The van der Waals surface area contributed by atoms with Gasteiger partial charge in [-0.05, 0) is 90.3 Å². The number of aliphatic hydroxyl groups is 1. The minimum Gasteiger partial charge on any atom is -0.396 e. The van der Waals surface area contributed by atoms with Crippen molar-refractivity contribution >= 4 is 33.8 Å². The molecule has 0 amide bonds. The Morgan fingerprint density at radius 2 is 0.655 bits per heavy atom. The van der Waals surface area contributed by atoms with E-state index in [1.807, 2.05) is 0 Å². The Balaban J connectivity index is 4.42. The lowest BCUT2D eigenvalue weighted by molar-refractivity contribution is -0.115. The van der Waals surface area contributed by atoms with Crippen LogP contribution < -0.4 is 0 Å². The molecule has 0 radical (unpaired) electrons. The van der Waals surface area contributed by atoms with E-state index < -0.39 is 0 Å². The normalized spacial score (nSPS) is 12.8. The van der Waals surface area contributed by atoms with Crippen molar-refractivity contribution in [2.45, 2.75) is 252 Å². The summed E-state index contributed by atoms with van der Waals surface area (Å²) in [6, 6.07) is 0. The van der Waals surface area contributed by atoms with E-state index in [-0.39, 0.29) is 11.8 Å². The summed E-state index contributed by atoms with van der Waals surface area (Å²) >= 11 is 3.28. The van der Waals surface area contributed by atoms with Crippen LogP contribution in [0.5, 0.6) is 0 Å². The molecule has 0 aromatic heterocycles. The Labute approximate surface area is 353 Å². The Morgan fingerprint density at radius 1 is 0.382 bits per heavy atom. The Morgan fingerprint density at radius 3 is 1.00 bits per heavy atom. The third-order valence-corrected chi connectivity index (χ3v) is 13.9. The molecule has 0 heterocycles. The van der Waals surface area contributed by atoms with Gasteiger partial charge in [0.25, 0.3) is 0 Å². The van der Waals surface area contributed by atoms with Crippen LogP contribution in [0.4, 0.5) is 0 Å². The molecule has 0 aromatic rings. The van der Waals surface area contributed by atoms with Gasteiger partial charge in [-0.15, -0.1) is 0 Å². The van der Waals surface area contributed by atoms with Crippen LogP contribution in [0.1, 0.15) is 252 Å². The molecule has 0 bridgehead atoms. The fourth-order valence-electron chi connectivity index (χ4n) is 7.86. The first kappa shape index (κ1) is 55.0. The average molecular weight is 812 g/mol. The largest absolute Gasteiger partial charge is 0.396 e. The lowest BCUT2D eigenvalue weighted by Crippen LogP contribution is -2.27. The highest BCUT2D eigenvalue weighted by atomic mass is 32.2. The molecule has 0 saturated carbocycles. The second-order valence-corrected chi connectivity index (χ2v) is 19.2. The molecule has 1 N–H and O–H groups in total. The Bertz CT molecular complexity index is 738. The number of hydrogen-bond acceptors (Lipinski definition) is 6. The quantitative estimate of drug-likeness (QED) is 0.0618. The first-order valence-corrected chi connectivity index (χ1v) is 26.7. The summed E-state index contributed by atoms with van der Waals surface area (Å²) in [5.74, 6) is 2.56. The minimum absolute atomic E-state index is 0.283. The maximum Gasteiger partial charge on any atom is 0.192 e. The third kappa shape index (κ3) is 37.9. The second-order valence-electron chi connectivity index (χ2n) is 17.0.